The highest BCUT2D eigenvalue weighted by atomic mass is 35.5. The molecule has 0 aromatic carbocycles. The molecule has 7 heteroatoms. The number of piperazine rings is 1. The van der Waals surface area contributed by atoms with E-state index < -0.39 is 0 Å². The van der Waals surface area contributed by atoms with Crippen LogP contribution in [0.1, 0.15) is 5.69 Å². The van der Waals surface area contributed by atoms with Crippen molar-refractivity contribution in [2.24, 2.45) is 10.8 Å². The van der Waals surface area contributed by atoms with Gasteiger partial charge in [-0.25, -0.2) is 4.98 Å². The highest BCUT2D eigenvalue weighted by molar-refractivity contribution is 6.02. The molecule has 0 saturated carbocycles. The minimum absolute atomic E-state index is 0. The largest absolute Gasteiger partial charge is 1.00 e. The number of fused-ring (bicyclic) bond motifs is 2. The number of nitrogens with two attached hydrogens (primary N) is 1. The first-order valence-corrected chi connectivity index (χ1v) is 5.44. The number of nitrogens with zero attached hydrogens (tertiary/aromatic N) is 5. The number of rotatable bonds is 0. The molecule has 2 aliphatic rings. The molecule has 2 N–H and O–H groups in total. The van der Waals surface area contributed by atoms with E-state index in [0.29, 0.717) is 10.4 Å². The molecule has 0 atom stereocenters. The van der Waals surface area contributed by atoms with E-state index in [2.05, 4.69) is 27.0 Å². The SMILES string of the molecule is CN1CC[N+]2(CC1)N=C(N)c1nccnc12.[Cl-]. The highest BCUT2D eigenvalue weighted by Gasteiger charge is 2.44. The maximum absolute atomic E-state index is 5.90. The van der Waals surface area contributed by atoms with Crippen molar-refractivity contribution in [3.63, 3.8) is 0 Å². The third kappa shape index (κ3) is 1.78. The molecule has 0 radical (unpaired) electrons. The van der Waals surface area contributed by atoms with Crippen LogP contribution in [0.4, 0.5) is 5.82 Å². The lowest BCUT2D eigenvalue weighted by Gasteiger charge is -2.35. The van der Waals surface area contributed by atoms with Crippen LogP contribution in [0.25, 0.3) is 0 Å². The van der Waals surface area contributed by atoms with Crippen LogP contribution >= 0.6 is 0 Å². The third-order valence-corrected chi connectivity index (χ3v) is 3.32. The Labute approximate surface area is 106 Å². The molecular weight excluding hydrogens is 240 g/mol. The van der Waals surface area contributed by atoms with Gasteiger partial charge in [0.25, 0.3) is 5.82 Å². The van der Waals surface area contributed by atoms with Crippen molar-refractivity contribution in [3.05, 3.63) is 18.1 Å². The zero-order valence-electron chi connectivity index (χ0n) is 9.67. The molecule has 0 aliphatic carbocycles. The molecular formula is C10H15ClN6. The number of quaternary nitrogens is 1. The maximum Gasteiger partial charge on any atom is 0.284 e. The fraction of sp³-hybridized carbons (Fsp3) is 0.500. The second-order valence-electron chi connectivity index (χ2n) is 4.39. The quantitative estimate of drug-likeness (QED) is 0.485. The Balaban J connectivity index is 0.00000108. The van der Waals surface area contributed by atoms with E-state index >= 15 is 0 Å². The number of amidine groups is 1. The van der Waals surface area contributed by atoms with Crippen molar-refractivity contribution >= 4 is 11.7 Å². The molecule has 1 fully saturated rings. The van der Waals surface area contributed by atoms with E-state index in [0.717, 1.165) is 37.7 Å². The molecule has 1 aromatic rings. The molecule has 0 bridgehead atoms. The van der Waals surface area contributed by atoms with E-state index in [-0.39, 0.29) is 12.4 Å². The average molecular weight is 255 g/mol. The van der Waals surface area contributed by atoms with E-state index in [1.54, 1.807) is 12.4 Å². The number of halogens is 1. The maximum atomic E-state index is 5.90. The van der Waals surface area contributed by atoms with Crippen molar-refractivity contribution in [2.45, 2.75) is 0 Å². The number of aromatic nitrogens is 2. The first-order chi connectivity index (χ1) is 7.71. The average Bonchev–Trinajstić information content (AvgIpc) is 2.58. The van der Waals surface area contributed by atoms with Gasteiger partial charge < -0.3 is 18.1 Å². The molecule has 1 aromatic heterocycles. The first-order valence-electron chi connectivity index (χ1n) is 5.44. The first kappa shape index (κ1) is 12.2. The van der Waals surface area contributed by atoms with Gasteiger partial charge in [-0.15, -0.1) is 4.59 Å². The summed E-state index contributed by atoms with van der Waals surface area (Å²) < 4.78 is 0.527. The van der Waals surface area contributed by atoms with Crippen LogP contribution in [-0.4, -0.2) is 53.9 Å². The molecule has 1 saturated heterocycles. The van der Waals surface area contributed by atoms with Crippen LogP contribution in [0, 0.1) is 0 Å². The summed E-state index contributed by atoms with van der Waals surface area (Å²) in [4.78, 5) is 11.0. The van der Waals surface area contributed by atoms with Crippen LogP contribution in [0.5, 0.6) is 0 Å². The topological polar surface area (TPSA) is 67.4 Å². The van der Waals surface area contributed by atoms with E-state index in [4.69, 9.17) is 5.73 Å². The second kappa shape index (κ2) is 4.21. The molecule has 0 unspecified atom stereocenters. The Bertz CT molecular complexity index is 452. The van der Waals surface area contributed by atoms with Gasteiger partial charge in [0.05, 0.1) is 19.3 Å². The van der Waals surface area contributed by atoms with Crippen molar-refractivity contribution < 1.29 is 12.4 Å². The second-order valence-corrected chi connectivity index (χ2v) is 4.39. The predicted molar refractivity (Wildman–Crippen MR) is 61.8 cm³/mol. The van der Waals surface area contributed by atoms with Crippen LogP contribution < -0.4 is 22.7 Å². The van der Waals surface area contributed by atoms with Crippen LogP contribution in [0.3, 0.4) is 0 Å². The molecule has 1 spiro atoms. The number of hydrogen-bond donors (Lipinski definition) is 1. The lowest BCUT2D eigenvalue weighted by molar-refractivity contribution is -0.00000366. The normalized spacial score (nSPS) is 21.8. The van der Waals surface area contributed by atoms with Gasteiger partial charge in [-0.05, 0) is 7.05 Å². The predicted octanol–water partition coefficient (Wildman–Crippen LogP) is -3.63. The van der Waals surface area contributed by atoms with E-state index in [1.165, 1.54) is 0 Å². The smallest absolute Gasteiger partial charge is 0.284 e. The number of hydrogen-bond acceptors (Lipinski definition) is 5. The zero-order chi connectivity index (χ0) is 11.2. The Hall–Kier alpha value is -1.24. The van der Waals surface area contributed by atoms with Gasteiger partial charge in [0.2, 0.25) is 5.84 Å². The number of likely N-dealkylation sites (N-methyl/N-ethyl adjacent to an activating group) is 1. The van der Waals surface area contributed by atoms with Gasteiger partial charge in [-0.3, -0.25) is 4.90 Å². The van der Waals surface area contributed by atoms with Gasteiger partial charge in [0.1, 0.15) is 13.1 Å². The highest BCUT2D eigenvalue weighted by Crippen LogP contribution is 2.31. The fourth-order valence-corrected chi connectivity index (χ4v) is 2.32. The summed E-state index contributed by atoms with van der Waals surface area (Å²) in [6.45, 7) is 3.85. The minimum Gasteiger partial charge on any atom is -1.00 e. The van der Waals surface area contributed by atoms with E-state index in [1.807, 2.05) is 0 Å². The fourth-order valence-electron chi connectivity index (χ4n) is 2.32. The van der Waals surface area contributed by atoms with Gasteiger partial charge in [-0.2, -0.15) is 4.98 Å². The molecule has 92 valence electrons. The zero-order valence-corrected chi connectivity index (χ0v) is 10.4. The lowest BCUT2D eigenvalue weighted by Crippen LogP contribution is -3.00. The van der Waals surface area contributed by atoms with Crippen LogP contribution in [0.2, 0.25) is 0 Å². The molecule has 17 heavy (non-hydrogen) atoms. The Morgan fingerprint density at radius 2 is 1.88 bits per heavy atom. The monoisotopic (exact) mass is 254 g/mol. The summed E-state index contributed by atoms with van der Waals surface area (Å²) in [5.41, 5.74) is 6.66. The van der Waals surface area contributed by atoms with E-state index in [9.17, 15) is 0 Å². The summed E-state index contributed by atoms with van der Waals surface area (Å²) >= 11 is 0. The van der Waals surface area contributed by atoms with Gasteiger partial charge >= 0.3 is 0 Å². The molecule has 6 nitrogen and oxygen atoms in total. The summed E-state index contributed by atoms with van der Waals surface area (Å²) in [5, 5.41) is 4.56. The van der Waals surface area contributed by atoms with Gasteiger partial charge in [0, 0.05) is 6.20 Å². The van der Waals surface area contributed by atoms with Gasteiger partial charge in [-0.1, -0.05) is 5.10 Å². The van der Waals surface area contributed by atoms with Crippen LogP contribution in [-0.2, 0) is 0 Å². The van der Waals surface area contributed by atoms with Crippen molar-refractivity contribution in [1.82, 2.24) is 19.5 Å². The standard InChI is InChI=1S/C10H15N6.ClH/c1-15-4-6-16(7-5-15)10-8(9(11)14-16)12-2-3-13-10;/h2-3H,4-7H2,1H3,(H2,11,14);1H/q+1;/p-1. The van der Waals surface area contributed by atoms with Crippen molar-refractivity contribution in [2.75, 3.05) is 33.2 Å². The van der Waals surface area contributed by atoms with Crippen LogP contribution in [0.15, 0.2) is 17.5 Å². The minimum atomic E-state index is 0. The van der Waals surface area contributed by atoms with Gasteiger partial charge in [0.15, 0.2) is 5.69 Å². The summed E-state index contributed by atoms with van der Waals surface area (Å²) in [6.07, 6.45) is 3.38. The Kier molecular flexibility index (Phi) is 3.03. The Morgan fingerprint density at radius 1 is 1.24 bits per heavy atom. The lowest BCUT2D eigenvalue weighted by atomic mass is 10.3. The summed E-state index contributed by atoms with van der Waals surface area (Å²) in [6, 6.07) is 0. The molecule has 3 heterocycles. The van der Waals surface area contributed by atoms with Crippen molar-refractivity contribution in [3.8, 4) is 0 Å². The van der Waals surface area contributed by atoms with Crippen molar-refractivity contribution in [1.29, 1.82) is 0 Å². The Morgan fingerprint density at radius 3 is 2.59 bits per heavy atom. The molecule has 2 aliphatic heterocycles. The molecule has 3 rings (SSSR count). The summed E-state index contributed by atoms with van der Waals surface area (Å²) in [5.74, 6) is 1.43. The third-order valence-electron chi connectivity index (χ3n) is 3.32. The molecule has 0 amide bonds. The summed E-state index contributed by atoms with van der Waals surface area (Å²) in [7, 11) is 2.12.